The van der Waals surface area contributed by atoms with E-state index < -0.39 is 0 Å². The molecule has 1 rings (SSSR count). The Labute approximate surface area is 82.5 Å². The van der Waals surface area contributed by atoms with Gasteiger partial charge in [0.1, 0.15) is 0 Å². The van der Waals surface area contributed by atoms with E-state index in [2.05, 4.69) is 20.8 Å². The Hall–Kier alpha value is -0.0400. The molecule has 4 atom stereocenters. The highest BCUT2D eigenvalue weighted by atomic mass is 16.3. The molecule has 0 aromatic heterocycles. The number of unbranched alkanes of at least 4 members (excludes halogenated alkanes) is 1. The standard InChI is InChI=1S/C12H24O/c1-4-5-6-11-9(2)7-8-10(3)12(11)13/h9-13H,4-8H2,1-3H3. The Kier molecular flexibility index (Phi) is 4.24. The Morgan fingerprint density at radius 1 is 1.15 bits per heavy atom. The summed E-state index contributed by atoms with van der Waals surface area (Å²) in [6, 6.07) is 0. The fourth-order valence-corrected chi connectivity index (χ4v) is 2.56. The molecule has 0 radical (unpaired) electrons. The molecular formula is C12H24O. The summed E-state index contributed by atoms with van der Waals surface area (Å²) in [5.41, 5.74) is 0. The molecule has 0 aromatic rings. The molecule has 4 unspecified atom stereocenters. The number of hydrogen-bond acceptors (Lipinski definition) is 1. The monoisotopic (exact) mass is 184 g/mol. The van der Waals surface area contributed by atoms with Crippen LogP contribution in [0.25, 0.3) is 0 Å². The van der Waals surface area contributed by atoms with E-state index >= 15 is 0 Å². The molecule has 0 aliphatic heterocycles. The third-order valence-corrected chi connectivity index (χ3v) is 3.72. The second kappa shape index (κ2) is 4.99. The highest BCUT2D eigenvalue weighted by molar-refractivity contribution is 4.83. The van der Waals surface area contributed by atoms with Crippen molar-refractivity contribution < 1.29 is 5.11 Å². The lowest BCUT2D eigenvalue weighted by atomic mass is 9.71. The normalized spacial score (nSPS) is 40.6. The molecule has 0 aromatic carbocycles. The van der Waals surface area contributed by atoms with Crippen LogP contribution >= 0.6 is 0 Å². The Morgan fingerprint density at radius 2 is 1.77 bits per heavy atom. The van der Waals surface area contributed by atoms with Gasteiger partial charge in [0.2, 0.25) is 0 Å². The van der Waals surface area contributed by atoms with Crippen LogP contribution in [0, 0.1) is 17.8 Å². The van der Waals surface area contributed by atoms with Gasteiger partial charge in [0.15, 0.2) is 0 Å². The Bertz CT molecular complexity index is 144. The maximum absolute atomic E-state index is 10.0. The quantitative estimate of drug-likeness (QED) is 0.714. The molecule has 1 fully saturated rings. The molecule has 0 amide bonds. The van der Waals surface area contributed by atoms with Crippen LogP contribution in [0.2, 0.25) is 0 Å². The van der Waals surface area contributed by atoms with Crippen LogP contribution < -0.4 is 0 Å². The summed E-state index contributed by atoms with van der Waals surface area (Å²) in [6.07, 6.45) is 6.25. The second-order valence-electron chi connectivity index (χ2n) is 4.83. The SMILES string of the molecule is CCCCC1C(C)CCC(C)C1O. The van der Waals surface area contributed by atoms with Gasteiger partial charge in [0.25, 0.3) is 0 Å². The zero-order chi connectivity index (χ0) is 9.84. The van der Waals surface area contributed by atoms with E-state index in [9.17, 15) is 5.11 Å². The first-order valence-corrected chi connectivity index (χ1v) is 5.84. The first-order valence-electron chi connectivity index (χ1n) is 5.84. The van der Waals surface area contributed by atoms with Gasteiger partial charge < -0.3 is 5.11 Å². The molecule has 1 nitrogen and oxygen atoms in total. The number of hydrogen-bond donors (Lipinski definition) is 1. The predicted molar refractivity (Wildman–Crippen MR) is 56.6 cm³/mol. The summed E-state index contributed by atoms with van der Waals surface area (Å²) in [5.74, 6) is 1.83. The van der Waals surface area contributed by atoms with E-state index in [4.69, 9.17) is 0 Å². The van der Waals surface area contributed by atoms with Crippen molar-refractivity contribution in [3.8, 4) is 0 Å². The van der Waals surface area contributed by atoms with Gasteiger partial charge in [-0.3, -0.25) is 0 Å². The lowest BCUT2D eigenvalue weighted by Crippen LogP contribution is -2.36. The van der Waals surface area contributed by atoms with Crippen LogP contribution in [0.15, 0.2) is 0 Å². The van der Waals surface area contributed by atoms with Crippen LogP contribution in [0.3, 0.4) is 0 Å². The molecule has 13 heavy (non-hydrogen) atoms. The summed E-state index contributed by atoms with van der Waals surface area (Å²) < 4.78 is 0. The number of rotatable bonds is 3. The molecule has 1 saturated carbocycles. The van der Waals surface area contributed by atoms with E-state index in [-0.39, 0.29) is 6.10 Å². The van der Waals surface area contributed by atoms with Gasteiger partial charge in [-0.2, -0.15) is 0 Å². The summed E-state index contributed by atoms with van der Waals surface area (Å²) >= 11 is 0. The molecule has 1 aliphatic carbocycles. The van der Waals surface area contributed by atoms with Crippen LogP contribution in [0.1, 0.15) is 52.9 Å². The predicted octanol–water partition coefficient (Wildman–Crippen LogP) is 3.22. The maximum atomic E-state index is 10.0. The second-order valence-corrected chi connectivity index (χ2v) is 4.83. The minimum atomic E-state index is -0.0321. The molecule has 1 heteroatoms. The van der Waals surface area contributed by atoms with E-state index in [0.29, 0.717) is 11.8 Å². The minimum absolute atomic E-state index is 0.0321. The molecule has 1 aliphatic rings. The number of aliphatic hydroxyl groups excluding tert-OH is 1. The molecule has 0 heterocycles. The Morgan fingerprint density at radius 3 is 2.38 bits per heavy atom. The van der Waals surface area contributed by atoms with Gasteiger partial charge >= 0.3 is 0 Å². The lowest BCUT2D eigenvalue weighted by molar-refractivity contribution is -0.00755. The van der Waals surface area contributed by atoms with Crippen molar-refractivity contribution in [2.75, 3.05) is 0 Å². The van der Waals surface area contributed by atoms with Crippen molar-refractivity contribution in [2.24, 2.45) is 17.8 Å². The zero-order valence-corrected chi connectivity index (χ0v) is 9.29. The number of aliphatic hydroxyl groups is 1. The van der Waals surface area contributed by atoms with Crippen molar-refractivity contribution in [3.05, 3.63) is 0 Å². The molecular weight excluding hydrogens is 160 g/mol. The lowest BCUT2D eigenvalue weighted by Gasteiger charge is -2.37. The fraction of sp³-hybridized carbons (Fsp3) is 1.00. The van der Waals surface area contributed by atoms with Gasteiger partial charge in [-0.25, -0.2) is 0 Å². The zero-order valence-electron chi connectivity index (χ0n) is 9.29. The topological polar surface area (TPSA) is 20.2 Å². The maximum Gasteiger partial charge on any atom is 0.0596 e. The fourth-order valence-electron chi connectivity index (χ4n) is 2.56. The molecule has 1 N–H and O–H groups in total. The third-order valence-electron chi connectivity index (χ3n) is 3.72. The van der Waals surface area contributed by atoms with E-state index in [0.717, 1.165) is 5.92 Å². The smallest absolute Gasteiger partial charge is 0.0596 e. The highest BCUT2D eigenvalue weighted by Gasteiger charge is 2.33. The molecule has 78 valence electrons. The van der Waals surface area contributed by atoms with Gasteiger partial charge in [-0.1, -0.05) is 40.0 Å². The molecule has 0 saturated heterocycles. The molecule has 0 bridgehead atoms. The summed E-state index contributed by atoms with van der Waals surface area (Å²) in [6.45, 7) is 6.72. The summed E-state index contributed by atoms with van der Waals surface area (Å²) in [7, 11) is 0. The van der Waals surface area contributed by atoms with E-state index in [1.807, 2.05) is 0 Å². The average Bonchev–Trinajstić information content (AvgIpc) is 2.12. The first kappa shape index (κ1) is 11.0. The van der Waals surface area contributed by atoms with Crippen LogP contribution in [-0.2, 0) is 0 Å². The third kappa shape index (κ3) is 2.70. The van der Waals surface area contributed by atoms with Crippen LogP contribution in [0.5, 0.6) is 0 Å². The largest absolute Gasteiger partial charge is 0.393 e. The van der Waals surface area contributed by atoms with Crippen molar-refractivity contribution >= 4 is 0 Å². The van der Waals surface area contributed by atoms with Crippen molar-refractivity contribution in [1.82, 2.24) is 0 Å². The Balaban J connectivity index is 2.45. The van der Waals surface area contributed by atoms with Crippen molar-refractivity contribution in [3.63, 3.8) is 0 Å². The highest BCUT2D eigenvalue weighted by Crippen LogP contribution is 2.36. The van der Waals surface area contributed by atoms with Gasteiger partial charge in [0, 0.05) is 0 Å². The van der Waals surface area contributed by atoms with E-state index in [1.165, 1.54) is 32.1 Å². The van der Waals surface area contributed by atoms with Gasteiger partial charge in [0.05, 0.1) is 6.10 Å². The first-order chi connectivity index (χ1) is 6.16. The minimum Gasteiger partial charge on any atom is -0.393 e. The van der Waals surface area contributed by atoms with Crippen molar-refractivity contribution in [2.45, 2.75) is 59.0 Å². The van der Waals surface area contributed by atoms with Crippen LogP contribution in [0.4, 0.5) is 0 Å². The average molecular weight is 184 g/mol. The van der Waals surface area contributed by atoms with Gasteiger partial charge in [-0.05, 0) is 30.6 Å². The van der Waals surface area contributed by atoms with Gasteiger partial charge in [-0.15, -0.1) is 0 Å². The van der Waals surface area contributed by atoms with E-state index in [1.54, 1.807) is 0 Å². The van der Waals surface area contributed by atoms with Crippen LogP contribution in [-0.4, -0.2) is 11.2 Å². The molecule has 0 spiro atoms. The van der Waals surface area contributed by atoms with Crippen molar-refractivity contribution in [1.29, 1.82) is 0 Å². The summed E-state index contributed by atoms with van der Waals surface area (Å²) in [5, 5.41) is 10.0. The summed E-state index contributed by atoms with van der Waals surface area (Å²) in [4.78, 5) is 0.